The number of nitriles is 1. The van der Waals surface area contributed by atoms with Crippen LogP contribution in [-0.4, -0.2) is 22.6 Å². The van der Waals surface area contributed by atoms with E-state index in [2.05, 4.69) is 21.8 Å². The largest absolute Gasteiger partial charge is 0.382 e. The van der Waals surface area contributed by atoms with E-state index in [4.69, 9.17) is 11.0 Å². The van der Waals surface area contributed by atoms with E-state index in [9.17, 15) is 0 Å². The van der Waals surface area contributed by atoms with E-state index in [1.165, 1.54) is 6.20 Å². The molecule has 0 radical (unpaired) electrons. The summed E-state index contributed by atoms with van der Waals surface area (Å²) in [5.74, 6) is 0.991. The van der Waals surface area contributed by atoms with Crippen LogP contribution in [0.5, 0.6) is 0 Å². The summed E-state index contributed by atoms with van der Waals surface area (Å²) in [7, 11) is 0. The van der Waals surface area contributed by atoms with E-state index < -0.39 is 0 Å². The third-order valence-electron chi connectivity index (χ3n) is 2.70. The van der Waals surface area contributed by atoms with Crippen LogP contribution >= 0.6 is 0 Å². The lowest BCUT2D eigenvalue weighted by atomic mass is 10.2. The topological polar surface area (TPSA) is 78.8 Å². The first kappa shape index (κ1) is 9.71. The first-order valence-corrected chi connectivity index (χ1v) is 5.01. The first-order chi connectivity index (χ1) is 7.22. The lowest BCUT2D eigenvalue weighted by Gasteiger charge is -2.22. The monoisotopic (exact) mass is 203 g/mol. The molecule has 1 aliphatic rings. The van der Waals surface area contributed by atoms with Crippen molar-refractivity contribution < 1.29 is 0 Å². The fraction of sp³-hybridized carbons (Fsp3) is 0.500. The van der Waals surface area contributed by atoms with E-state index in [0.717, 1.165) is 19.4 Å². The Morgan fingerprint density at radius 3 is 3.07 bits per heavy atom. The summed E-state index contributed by atoms with van der Waals surface area (Å²) in [5, 5.41) is 8.94. The highest BCUT2D eigenvalue weighted by molar-refractivity contribution is 5.54. The third-order valence-corrected chi connectivity index (χ3v) is 2.70. The van der Waals surface area contributed by atoms with Gasteiger partial charge in [-0.3, -0.25) is 0 Å². The van der Waals surface area contributed by atoms with Crippen LogP contribution in [0.25, 0.3) is 0 Å². The molecule has 1 aromatic heterocycles. The fourth-order valence-corrected chi connectivity index (χ4v) is 1.92. The van der Waals surface area contributed by atoms with E-state index in [-0.39, 0.29) is 0 Å². The molecule has 0 saturated carbocycles. The summed E-state index contributed by atoms with van der Waals surface area (Å²) in [6.45, 7) is 3.05. The van der Waals surface area contributed by atoms with Crippen molar-refractivity contribution in [2.45, 2.75) is 25.8 Å². The number of nitrogen functional groups attached to an aromatic ring is 1. The van der Waals surface area contributed by atoms with Gasteiger partial charge in [0.25, 0.3) is 0 Å². The number of nitrogens with two attached hydrogens (primary N) is 1. The van der Waals surface area contributed by atoms with Crippen molar-refractivity contribution in [1.82, 2.24) is 9.97 Å². The van der Waals surface area contributed by atoms with E-state index >= 15 is 0 Å². The minimum Gasteiger partial charge on any atom is -0.382 e. The SMILES string of the molecule is C[C@H]1CCCN1c1nc(N)cnc1C#N. The zero-order chi connectivity index (χ0) is 10.8. The Balaban J connectivity index is 2.42. The van der Waals surface area contributed by atoms with Crippen molar-refractivity contribution in [2.24, 2.45) is 0 Å². The van der Waals surface area contributed by atoms with Gasteiger partial charge >= 0.3 is 0 Å². The second kappa shape index (κ2) is 3.73. The normalized spacial score (nSPS) is 20.3. The average molecular weight is 203 g/mol. The lowest BCUT2D eigenvalue weighted by Crippen LogP contribution is -2.28. The molecule has 0 bridgehead atoms. The molecule has 2 N–H and O–H groups in total. The minimum atomic E-state index is 0.359. The number of hydrogen-bond acceptors (Lipinski definition) is 5. The van der Waals surface area contributed by atoms with Crippen LogP contribution in [0.4, 0.5) is 11.6 Å². The van der Waals surface area contributed by atoms with Gasteiger partial charge in [0.05, 0.1) is 6.20 Å². The molecule has 1 fully saturated rings. The van der Waals surface area contributed by atoms with Gasteiger partial charge in [-0.05, 0) is 19.8 Å². The molecule has 2 heterocycles. The summed E-state index contributed by atoms with van der Waals surface area (Å²) < 4.78 is 0. The number of anilines is 2. The summed E-state index contributed by atoms with van der Waals surface area (Å²) in [6, 6.07) is 2.46. The Bertz CT molecular complexity index is 409. The van der Waals surface area contributed by atoms with Crippen LogP contribution in [0.1, 0.15) is 25.5 Å². The second-order valence-electron chi connectivity index (χ2n) is 3.76. The molecule has 1 aliphatic heterocycles. The van der Waals surface area contributed by atoms with Crippen molar-refractivity contribution in [3.05, 3.63) is 11.9 Å². The van der Waals surface area contributed by atoms with Crippen LogP contribution < -0.4 is 10.6 Å². The summed E-state index contributed by atoms with van der Waals surface area (Å²) in [5.41, 5.74) is 5.94. The maximum Gasteiger partial charge on any atom is 0.183 e. The van der Waals surface area contributed by atoms with Gasteiger partial charge in [0.1, 0.15) is 11.9 Å². The van der Waals surface area contributed by atoms with Crippen molar-refractivity contribution >= 4 is 11.6 Å². The minimum absolute atomic E-state index is 0.359. The first-order valence-electron chi connectivity index (χ1n) is 5.01. The third kappa shape index (κ3) is 1.71. The molecular weight excluding hydrogens is 190 g/mol. The Kier molecular flexibility index (Phi) is 2.42. The number of nitrogens with zero attached hydrogens (tertiary/aromatic N) is 4. The number of aromatic nitrogens is 2. The van der Waals surface area contributed by atoms with Gasteiger partial charge in [0, 0.05) is 12.6 Å². The quantitative estimate of drug-likeness (QED) is 0.734. The molecule has 2 rings (SSSR count). The van der Waals surface area contributed by atoms with Crippen molar-refractivity contribution in [3.63, 3.8) is 0 Å². The highest BCUT2D eigenvalue weighted by atomic mass is 15.2. The van der Waals surface area contributed by atoms with Gasteiger partial charge in [0.2, 0.25) is 0 Å². The molecule has 5 nitrogen and oxygen atoms in total. The van der Waals surface area contributed by atoms with Crippen molar-refractivity contribution in [1.29, 1.82) is 5.26 Å². The van der Waals surface area contributed by atoms with Gasteiger partial charge < -0.3 is 10.6 Å². The van der Waals surface area contributed by atoms with E-state index in [0.29, 0.717) is 23.4 Å². The highest BCUT2D eigenvalue weighted by Crippen LogP contribution is 2.25. The van der Waals surface area contributed by atoms with Crippen molar-refractivity contribution in [2.75, 3.05) is 17.2 Å². The summed E-state index contributed by atoms with van der Waals surface area (Å²) in [4.78, 5) is 10.3. The number of hydrogen-bond donors (Lipinski definition) is 1. The van der Waals surface area contributed by atoms with Gasteiger partial charge in [-0.1, -0.05) is 0 Å². The average Bonchev–Trinajstić information content (AvgIpc) is 2.64. The van der Waals surface area contributed by atoms with Gasteiger partial charge in [-0.2, -0.15) is 5.26 Å². The Morgan fingerprint density at radius 1 is 1.67 bits per heavy atom. The molecule has 78 valence electrons. The lowest BCUT2D eigenvalue weighted by molar-refractivity contribution is 0.725. The van der Waals surface area contributed by atoms with Crippen molar-refractivity contribution in [3.8, 4) is 6.07 Å². The smallest absolute Gasteiger partial charge is 0.183 e. The molecule has 5 heteroatoms. The van der Waals surface area contributed by atoms with E-state index in [1.807, 2.05) is 6.07 Å². The van der Waals surface area contributed by atoms with Gasteiger partial charge in [0.15, 0.2) is 11.5 Å². The zero-order valence-electron chi connectivity index (χ0n) is 8.64. The van der Waals surface area contributed by atoms with Crippen LogP contribution in [0.3, 0.4) is 0 Å². The molecule has 0 aromatic carbocycles. The van der Waals surface area contributed by atoms with E-state index in [1.54, 1.807) is 0 Å². The molecule has 1 aromatic rings. The fourth-order valence-electron chi connectivity index (χ4n) is 1.92. The number of rotatable bonds is 1. The maximum absolute atomic E-state index is 8.94. The Hall–Kier alpha value is -1.83. The molecule has 0 unspecified atom stereocenters. The van der Waals surface area contributed by atoms with Crippen LogP contribution in [-0.2, 0) is 0 Å². The maximum atomic E-state index is 8.94. The van der Waals surface area contributed by atoms with Gasteiger partial charge in [-0.25, -0.2) is 9.97 Å². The summed E-state index contributed by atoms with van der Waals surface area (Å²) in [6.07, 6.45) is 3.67. The predicted molar refractivity (Wildman–Crippen MR) is 57.2 cm³/mol. The molecule has 0 aliphatic carbocycles. The molecule has 0 spiro atoms. The Morgan fingerprint density at radius 2 is 2.47 bits per heavy atom. The highest BCUT2D eigenvalue weighted by Gasteiger charge is 2.24. The summed E-state index contributed by atoms with van der Waals surface area (Å²) >= 11 is 0. The predicted octanol–water partition coefficient (Wildman–Crippen LogP) is 0.919. The Labute approximate surface area is 88.5 Å². The molecule has 0 amide bonds. The molecule has 1 atom stereocenters. The molecule has 15 heavy (non-hydrogen) atoms. The van der Waals surface area contributed by atoms with Crippen LogP contribution in [0.2, 0.25) is 0 Å². The van der Waals surface area contributed by atoms with Crippen LogP contribution in [0.15, 0.2) is 6.20 Å². The molecule has 1 saturated heterocycles. The second-order valence-corrected chi connectivity index (χ2v) is 3.76. The standard InChI is InChI=1S/C10H13N5/c1-7-3-2-4-15(7)10-8(5-11)13-6-9(12)14-10/h6-7H,2-4H2,1H3,(H2,12,14)/t7-/m0/s1. The zero-order valence-corrected chi connectivity index (χ0v) is 8.64. The van der Waals surface area contributed by atoms with Crippen LogP contribution in [0, 0.1) is 11.3 Å². The molecular formula is C10H13N5. The van der Waals surface area contributed by atoms with Gasteiger partial charge in [-0.15, -0.1) is 0 Å².